The summed E-state index contributed by atoms with van der Waals surface area (Å²) in [5.41, 5.74) is 1.05. The first kappa shape index (κ1) is 15.2. The van der Waals surface area contributed by atoms with Crippen molar-refractivity contribution in [2.75, 3.05) is 7.11 Å². The Morgan fingerprint density at radius 1 is 1.18 bits per heavy atom. The van der Waals surface area contributed by atoms with E-state index in [-0.39, 0.29) is 11.4 Å². The van der Waals surface area contributed by atoms with Crippen LogP contribution < -0.4 is 10.1 Å². The maximum atomic E-state index is 12.5. The van der Waals surface area contributed by atoms with Gasteiger partial charge in [0.2, 0.25) is 0 Å². The standard InChI is InChI=1S/C17H15Cl2NO2/c1-22-15-5-3-2-4-13(15)17(8-9-17)20-16(21)12-7-6-11(18)10-14(12)19/h2-7,10H,8-9H2,1H3,(H,20,21). The molecule has 0 radical (unpaired) electrons. The molecule has 0 aliphatic heterocycles. The van der Waals surface area contributed by atoms with Crippen LogP contribution in [0.3, 0.4) is 0 Å². The van der Waals surface area contributed by atoms with Gasteiger partial charge in [-0.2, -0.15) is 0 Å². The second kappa shape index (κ2) is 5.82. The molecule has 1 N–H and O–H groups in total. The molecule has 3 rings (SSSR count). The van der Waals surface area contributed by atoms with Crippen molar-refractivity contribution < 1.29 is 9.53 Å². The second-order valence-electron chi connectivity index (χ2n) is 5.36. The van der Waals surface area contributed by atoms with Crippen LogP contribution in [0.25, 0.3) is 0 Å². The van der Waals surface area contributed by atoms with Gasteiger partial charge in [0.15, 0.2) is 0 Å². The number of rotatable bonds is 4. The fourth-order valence-corrected chi connectivity index (χ4v) is 3.08. The maximum Gasteiger partial charge on any atom is 0.253 e. The Kier molecular flexibility index (Phi) is 4.02. The SMILES string of the molecule is COc1ccccc1C1(NC(=O)c2ccc(Cl)cc2Cl)CC1. The molecule has 1 aliphatic rings. The van der Waals surface area contributed by atoms with Crippen molar-refractivity contribution in [1.29, 1.82) is 0 Å². The van der Waals surface area contributed by atoms with Crippen LogP contribution in [0.4, 0.5) is 0 Å². The van der Waals surface area contributed by atoms with Crippen LogP contribution in [0.1, 0.15) is 28.8 Å². The van der Waals surface area contributed by atoms with E-state index in [9.17, 15) is 4.79 Å². The van der Waals surface area contributed by atoms with E-state index in [4.69, 9.17) is 27.9 Å². The smallest absolute Gasteiger partial charge is 0.253 e. The predicted molar refractivity (Wildman–Crippen MR) is 87.8 cm³/mol. The number of hydrogen-bond acceptors (Lipinski definition) is 2. The molecule has 0 atom stereocenters. The second-order valence-corrected chi connectivity index (χ2v) is 6.20. The molecule has 1 saturated carbocycles. The highest BCUT2D eigenvalue weighted by atomic mass is 35.5. The fourth-order valence-electron chi connectivity index (χ4n) is 2.58. The van der Waals surface area contributed by atoms with Crippen molar-refractivity contribution >= 4 is 29.1 Å². The number of carbonyl (C=O) groups excluding carboxylic acids is 1. The summed E-state index contributed by atoms with van der Waals surface area (Å²) >= 11 is 12.0. The van der Waals surface area contributed by atoms with Crippen LogP contribution in [-0.2, 0) is 5.54 Å². The van der Waals surface area contributed by atoms with Gasteiger partial charge in [0.05, 0.1) is 23.2 Å². The van der Waals surface area contributed by atoms with Gasteiger partial charge in [-0.05, 0) is 37.1 Å². The molecule has 5 heteroatoms. The normalized spacial score (nSPS) is 15.2. The van der Waals surface area contributed by atoms with E-state index >= 15 is 0 Å². The van der Waals surface area contributed by atoms with Gasteiger partial charge >= 0.3 is 0 Å². The zero-order chi connectivity index (χ0) is 15.7. The summed E-state index contributed by atoms with van der Waals surface area (Å²) < 4.78 is 5.40. The molecule has 0 heterocycles. The molecule has 2 aromatic carbocycles. The highest BCUT2D eigenvalue weighted by molar-refractivity contribution is 6.36. The highest BCUT2D eigenvalue weighted by Crippen LogP contribution is 2.49. The number of para-hydroxylation sites is 1. The van der Waals surface area contributed by atoms with Gasteiger partial charge in [0.1, 0.15) is 5.75 Å². The van der Waals surface area contributed by atoms with Gasteiger partial charge < -0.3 is 10.1 Å². The quantitative estimate of drug-likeness (QED) is 0.897. The molecule has 0 unspecified atom stereocenters. The van der Waals surface area contributed by atoms with Crippen molar-refractivity contribution in [3.63, 3.8) is 0 Å². The maximum absolute atomic E-state index is 12.5. The van der Waals surface area contributed by atoms with Gasteiger partial charge in [0.25, 0.3) is 5.91 Å². The summed E-state index contributed by atoms with van der Waals surface area (Å²) in [4.78, 5) is 12.5. The van der Waals surface area contributed by atoms with Crippen LogP contribution in [0.15, 0.2) is 42.5 Å². The van der Waals surface area contributed by atoms with Crippen LogP contribution in [-0.4, -0.2) is 13.0 Å². The van der Waals surface area contributed by atoms with Crippen molar-refractivity contribution in [2.24, 2.45) is 0 Å². The Morgan fingerprint density at radius 2 is 1.91 bits per heavy atom. The van der Waals surface area contributed by atoms with Crippen LogP contribution in [0.5, 0.6) is 5.75 Å². The number of benzene rings is 2. The van der Waals surface area contributed by atoms with Crippen LogP contribution in [0.2, 0.25) is 10.0 Å². The lowest BCUT2D eigenvalue weighted by atomic mass is 10.0. The number of carbonyl (C=O) groups is 1. The summed E-state index contributed by atoms with van der Waals surface area (Å²) in [6.45, 7) is 0. The Hall–Kier alpha value is -1.71. The average molecular weight is 336 g/mol. The Bertz CT molecular complexity index is 726. The molecule has 22 heavy (non-hydrogen) atoms. The van der Waals surface area contributed by atoms with Crippen LogP contribution in [0, 0.1) is 0 Å². The number of ether oxygens (including phenoxy) is 1. The van der Waals surface area contributed by atoms with Gasteiger partial charge in [-0.3, -0.25) is 4.79 Å². The monoisotopic (exact) mass is 335 g/mol. The fraction of sp³-hybridized carbons (Fsp3) is 0.235. The Morgan fingerprint density at radius 3 is 2.55 bits per heavy atom. The first-order valence-corrected chi connectivity index (χ1v) is 7.72. The van der Waals surface area contributed by atoms with E-state index in [1.54, 1.807) is 25.3 Å². The number of hydrogen-bond donors (Lipinski definition) is 1. The van der Waals surface area contributed by atoms with Crippen molar-refractivity contribution in [3.8, 4) is 5.75 Å². The summed E-state index contributed by atoms with van der Waals surface area (Å²) in [5, 5.41) is 3.94. The molecule has 1 amide bonds. The van der Waals surface area contributed by atoms with Gasteiger partial charge in [-0.1, -0.05) is 41.4 Å². The first-order chi connectivity index (χ1) is 10.6. The zero-order valence-electron chi connectivity index (χ0n) is 12.0. The largest absolute Gasteiger partial charge is 0.496 e. The van der Waals surface area contributed by atoms with E-state index in [2.05, 4.69) is 5.32 Å². The molecular formula is C17H15Cl2NO2. The average Bonchev–Trinajstić information content (AvgIpc) is 3.27. The summed E-state index contributed by atoms with van der Waals surface area (Å²) in [6.07, 6.45) is 1.76. The van der Waals surface area contributed by atoms with Crippen LogP contribution >= 0.6 is 23.2 Å². The molecule has 0 aromatic heterocycles. The molecule has 0 saturated heterocycles. The molecule has 1 fully saturated rings. The Balaban J connectivity index is 1.87. The first-order valence-electron chi connectivity index (χ1n) is 6.97. The predicted octanol–water partition coefficient (Wildman–Crippen LogP) is 4.42. The molecule has 0 spiro atoms. The van der Waals surface area contributed by atoms with Gasteiger partial charge in [0, 0.05) is 10.6 Å². The topological polar surface area (TPSA) is 38.3 Å². The van der Waals surface area contributed by atoms with E-state index < -0.39 is 0 Å². The molecular weight excluding hydrogens is 321 g/mol. The molecule has 3 nitrogen and oxygen atoms in total. The minimum atomic E-state index is -0.368. The zero-order valence-corrected chi connectivity index (χ0v) is 13.5. The van der Waals surface area contributed by atoms with Gasteiger partial charge in [-0.25, -0.2) is 0 Å². The third-order valence-corrected chi connectivity index (χ3v) is 4.45. The summed E-state index contributed by atoms with van der Waals surface area (Å²) in [5.74, 6) is 0.576. The third-order valence-electron chi connectivity index (χ3n) is 3.90. The lowest BCUT2D eigenvalue weighted by Crippen LogP contribution is -2.35. The van der Waals surface area contributed by atoms with Gasteiger partial charge in [-0.15, -0.1) is 0 Å². The molecule has 114 valence electrons. The number of nitrogens with one attached hydrogen (secondary N) is 1. The summed E-state index contributed by atoms with van der Waals surface area (Å²) in [6, 6.07) is 12.6. The summed E-state index contributed by atoms with van der Waals surface area (Å²) in [7, 11) is 1.63. The van der Waals surface area contributed by atoms with E-state index in [1.807, 2.05) is 24.3 Å². The number of halogens is 2. The Labute approximate surface area is 139 Å². The minimum absolute atomic E-state index is 0.204. The lowest BCUT2D eigenvalue weighted by Gasteiger charge is -2.21. The van der Waals surface area contributed by atoms with E-state index in [0.717, 1.165) is 24.2 Å². The molecule has 0 bridgehead atoms. The van der Waals surface area contributed by atoms with Crippen molar-refractivity contribution in [1.82, 2.24) is 5.32 Å². The van der Waals surface area contributed by atoms with E-state index in [0.29, 0.717) is 15.6 Å². The minimum Gasteiger partial charge on any atom is -0.496 e. The van der Waals surface area contributed by atoms with E-state index in [1.165, 1.54) is 0 Å². The number of amides is 1. The van der Waals surface area contributed by atoms with Crippen molar-refractivity contribution in [2.45, 2.75) is 18.4 Å². The van der Waals surface area contributed by atoms with Crippen molar-refractivity contribution in [3.05, 3.63) is 63.6 Å². The number of methoxy groups -OCH3 is 1. The third kappa shape index (κ3) is 2.79. The molecule has 2 aromatic rings. The molecule has 1 aliphatic carbocycles. The lowest BCUT2D eigenvalue weighted by molar-refractivity contribution is 0.0930. The highest BCUT2D eigenvalue weighted by Gasteiger charge is 2.47.